The summed E-state index contributed by atoms with van der Waals surface area (Å²) in [6.07, 6.45) is 1.62. The van der Waals surface area contributed by atoms with E-state index in [1.807, 2.05) is 0 Å². The van der Waals surface area contributed by atoms with Crippen molar-refractivity contribution in [2.45, 2.75) is 197 Å². The Hall–Kier alpha value is -1.23. The molecule has 21 atom stereocenters. The number of rotatable bonds is 7. The van der Waals surface area contributed by atoms with Gasteiger partial charge < -0.3 is 59.1 Å². The summed E-state index contributed by atoms with van der Waals surface area (Å²) in [4.78, 5) is 12.0. The van der Waals surface area contributed by atoms with Gasteiger partial charge in [0.2, 0.25) is 0 Å². The third kappa shape index (κ3) is 6.96. The number of ether oxygens (including phenoxy) is 6. The zero-order chi connectivity index (χ0) is 39.2. The van der Waals surface area contributed by atoms with Gasteiger partial charge in [-0.1, -0.05) is 20.8 Å². The molecule has 13 heteroatoms. The first kappa shape index (κ1) is 40.5. The van der Waals surface area contributed by atoms with Crippen LogP contribution in [0.1, 0.15) is 112 Å². The molecule has 8 aliphatic rings. The molecular weight excluding hydrogens is 712 g/mol. The van der Waals surface area contributed by atoms with Crippen LogP contribution in [0.2, 0.25) is 0 Å². The predicted octanol–water partition coefficient (Wildman–Crippen LogP) is 2.88. The van der Waals surface area contributed by atoms with Gasteiger partial charge in [0, 0.05) is 30.8 Å². The topological polar surface area (TPSA) is 194 Å². The SMILES string of the molecule is C[C@H]1C[C@@H](OC2CC[C@@]3(C)[C@@H](CC[C@H]4[C@@H]3C[C@H](O)[C@]3(C)[C@@H](C5=CC(=O)OC5)CC[C@@]43O)C2)C[C@H](O)[C@H]1O[C@@H]1C[C@H](O)[C@H](OC2C[C@H](O)[C@H](O)[C@@H](C)O2)[C@@H](C)O1. The number of carbonyl (C=O) groups excluding carboxylic acids is 1. The molecular formula is C42H66O13. The summed E-state index contributed by atoms with van der Waals surface area (Å²) >= 11 is 0. The Kier molecular flexibility index (Phi) is 11.1. The molecule has 2 unspecified atom stereocenters. The Bertz CT molecular complexity index is 1410. The van der Waals surface area contributed by atoms with Gasteiger partial charge >= 0.3 is 5.97 Å². The van der Waals surface area contributed by atoms with E-state index in [0.717, 1.165) is 50.5 Å². The molecule has 3 heterocycles. The number of carbonyl (C=O) groups is 1. The van der Waals surface area contributed by atoms with Crippen LogP contribution in [0.4, 0.5) is 0 Å². The normalized spacial score (nSPS) is 55.5. The van der Waals surface area contributed by atoms with Crippen LogP contribution in [-0.4, -0.2) is 129 Å². The lowest BCUT2D eigenvalue weighted by molar-refractivity contribution is -0.322. The fourth-order valence-electron chi connectivity index (χ4n) is 13.3. The maximum Gasteiger partial charge on any atom is 0.331 e. The van der Waals surface area contributed by atoms with Crippen molar-refractivity contribution in [1.82, 2.24) is 0 Å². The minimum Gasteiger partial charge on any atom is -0.458 e. The van der Waals surface area contributed by atoms with Gasteiger partial charge in [0.1, 0.15) is 18.8 Å². The second-order valence-corrected chi connectivity index (χ2v) is 19.4. The highest BCUT2D eigenvalue weighted by molar-refractivity contribution is 5.85. The van der Waals surface area contributed by atoms with Crippen LogP contribution in [-0.2, 0) is 33.2 Å². The van der Waals surface area contributed by atoms with Gasteiger partial charge in [0.05, 0.1) is 60.5 Å². The largest absolute Gasteiger partial charge is 0.458 e. The third-order valence-electron chi connectivity index (χ3n) is 16.4. The van der Waals surface area contributed by atoms with Crippen LogP contribution in [0.5, 0.6) is 0 Å². The Balaban J connectivity index is 0.837. The molecule has 0 bridgehead atoms. The van der Waals surface area contributed by atoms with Gasteiger partial charge in [0.15, 0.2) is 12.6 Å². The summed E-state index contributed by atoms with van der Waals surface area (Å²) < 4.78 is 36.2. The van der Waals surface area contributed by atoms with Crippen molar-refractivity contribution < 1.29 is 63.9 Å². The van der Waals surface area contributed by atoms with Crippen molar-refractivity contribution >= 4 is 5.97 Å². The Labute approximate surface area is 325 Å². The van der Waals surface area contributed by atoms with E-state index < -0.39 is 78.5 Å². The number of aliphatic hydroxyl groups excluding tert-OH is 5. The van der Waals surface area contributed by atoms with Crippen LogP contribution in [0.25, 0.3) is 0 Å². The first-order valence-electron chi connectivity index (χ1n) is 21.3. The summed E-state index contributed by atoms with van der Waals surface area (Å²) in [7, 11) is 0. The lowest BCUT2D eigenvalue weighted by Crippen LogP contribution is -2.67. The molecule has 0 aromatic heterocycles. The van der Waals surface area contributed by atoms with Crippen molar-refractivity contribution in [3.8, 4) is 0 Å². The lowest BCUT2D eigenvalue weighted by Gasteiger charge is -2.65. The molecule has 3 aliphatic heterocycles. The molecule has 55 heavy (non-hydrogen) atoms. The Morgan fingerprint density at radius 3 is 2.07 bits per heavy atom. The number of fused-ring (bicyclic) bond motifs is 5. The average molecular weight is 779 g/mol. The van der Waals surface area contributed by atoms with Crippen LogP contribution >= 0.6 is 0 Å². The number of esters is 1. The Morgan fingerprint density at radius 1 is 0.709 bits per heavy atom. The molecule has 0 radical (unpaired) electrons. The van der Waals surface area contributed by atoms with Gasteiger partial charge in [-0.15, -0.1) is 0 Å². The monoisotopic (exact) mass is 778 g/mol. The van der Waals surface area contributed by atoms with E-state index in [1.165, 1.54) is 0 Å². The summed E-state index contributed by atoms with van der Waals surface area (Å²) in [5, 5.41) is 67.0. The number of hydrogen-bond acceptors (Lipinski definition) is 13. The molecule has 0 aromatic rings. The van der Waals surface area contributed by atoms with E-state index in [1.54, 1.807) is 19.9 Å². The quantitative estimate of drug-likeness (QED) is 0.207. The van der Waals surface area contributed by atoms with E-state index >= 15 is 0 Å². The van der Waals surface area contributed by atoms with Crippen LogP contribution in [0.15, 0.2) is 11.6 Å². The van der Waals surface area contributed by atoms with Crippen molar-refractivity contribution in [1.29, 1.82) is 0 Å². The molecule has 8 rings (SSSR count). The number of hydrogen-bond donors (Lipinski definition) is 6. The predicted molar refractivity (Wildman–Crippen MR) is 196 cm³/mol. The van der Waals surface area contributed by atoms with Crippen molar-refractivity contribution in [2.24, 2.45) is 40.4 Å². The van der Waals surface area contributed by atoms with Crippen LogP contribution < -0.4 is 0 Å². The highest BCUT2D eigenvalue weighted by atomic mass is 16.7. The average Bonchev–Trinajstić information content (AvgIpc) is 3.67. The maximum atomic E-state index is 12.6. The lowest BCUT2D eigenvalue weighted by atomic mass is 9.42. The van der Waals surface area contributed by atoms with E-state index in [9.17, 15) is 35.4 Å². The fraction of sp³-hybridized carbons (Fsp3) is 0.929. The first-order chi connectivity index (χ1) is 26.0. The summed E-state index contributed by atoms with van der Waals surface area (Å²) in [6.45, 7) is 10.2. The minimum absolute atomic E-state index is 0.00759. The molecule has 0 amide bonds. The van der Waals surface area contributed by atoms with Gasteiger partial charge in [-0.05, 0) is 112 Å². The standard InChI is InChI=1S/C42H66O13/c1-20-12-26(15-31(44)38(20)54-36-18-32(45)39(22(3)52-36)55-35-17-30(43)37(48)21(2)51-35)53-25-8-10-40(4)24(14-25)6-7-28-29(40)16-33(46)41(5)27(9-11-42(28,41)49)23-13-34(47)50-19-23/h13,20-22,24-33,35-39,43-46,48-49H,6-12,14-19H2,1-5H3/t20-,21+,22+,24-,25?,26+,27+,28-,29-,30-,31-,32-,33-,35?,36+,37+,38-,39+,40-,41-,42+/m0/s1. The molecule has 7 fully saturated rings. The van der Waals surface area contributed by atoms with E-state index in [4.69, 9.17) is 28.4 Å². The second-order valence-electron chi connectivity index (χ2n) is 19.4. The van der Waals surface area contributed by atoms with Crippen LogP contribution in [0.3, 0.4) is 0 Å². The number of aliphatic hydroxyl groups is 6. The second kappa shape index (κ2) is 15.1. The van der Waals surface area contributed by atoms with Crippen LogP contribution in [0, 0.1) is 40.4 Å². The van der Waals surface area contributed by atoms with Gasteiger partial charge in [-0.25, -0.2) is 4.79 Å². The minimum atomic E-state index is -0.992. The van der Waals surface area contributed by atoms with E-state index in [0.29, 0.717) is 25.2 Å². The molecule has 13 nitrogen and oxygen atoms in total. The van der Waals surface area contributed by atoms with E-state index in [2.05, 4.69) is 20.8 Å². The van der Waals surface area contributed by atoms with Gasteiger partial charge in [-0.3, -0.25) is 0 Å². The zero-order valence-corrected chi connectivity index (χ0v) is 33.2. The fourth-order valence-corrected chi connectivity index (χ4v) is 13.3. The smallest absolute Gasteiger partial charge is 0.331 e. The van der Waals surface area contributed by atoms with Crippen molar-refractivity contribution in [3.63, 3.8) is 0 Å². The van der Waals surface area contributed by atoms with Gasteiger partial charge in [0.25, 0.3) is 0 Å². The zero-order valence-electron chi connectivity index (χ0n) is 33.2. The third-order valence-corrected chi connectivity index (χ3v) is 16.4. The summed E-state index contributed by atoms with van der Waals surface area (Å²) in [5.41, 5.74) is -0.803. The van der Waals surface area contributed by atoms with Crippen molar-refractivity contribution in [2.75, 3.05) is 6.61 Å². The highest BCUT2D eigenvalue weighted by Crippen LogP contribution is 2.70. The Morgan fingerprint density at radius 2 is 1.40 bits per heavy atom. The number of cyclic esters (lactones) is 1. The highest BCUT2D eigenvalue weighted by Gasteiger charge is 2.71. The molecule has 5 aliphatic carbocycles. The molecule has 6 N–H and O–H groups in total. The maximum absolute atomic E-state index is 12.6. The molecule has 2 saturated heterocycles. The summed E-state index contributed by atoms with van der Waals surface area (Å²) in [6, 6.07) is 0. The van der Waals surface area contributed by atoms with Gasteiger partial charge in [-0.2, -0.15) is 0 Å². The molecule has 0 spiro atoms. The summed E-state index contributed by atoms with van der Waals surface area (Å²) in [5.74, 6) is 0.331. The first-order valence-corrected chi connectivity index (χ1v) is 21.3. The molecule has 0 aromatic carbocycles. The van der Waals surface area contributed by atoms with E-state index in [-0.39, 0.29) is 66.7 Å². The van der Waals surface area contributed by atoms with Crippen molar-refractivity contribution in [3.05, 3.63) is 11.6 Å². The molecule has 312 valence electrons. The molecule has 5 saturated carbocycles.